The van der Waals surface area contributed by atoms with Gasteiger partial charge in [0.2, 0.25) is 6.41 Å². The van der Waals surface area contributed by atoms with Crippen LogP contribution >= 0.6 is 0 Å². The zero-order chi connectivity index (χ0) is 20.1. The molecule has 6 heteroatoms. The number of aromatic nitrogens is 1. The molecular weight excluding hydrogens is 364 g/mol. The van der Waals surface area contributed by atoms with E-state index in [0.29, 0.717) is 37.7 Å². The van der Waals surface area contributed by atoms with E-state index in [4.69, 9.17) is 0 Å². The van der Waals surface area contributed by atoms with E-state index in [2.05, 4.69) is 40.2 Å². The van der Waals surface area contributed by atoms with Gasteiger partial charge in [0.05, 0.1) is 0 Å². The smallest absolute Gasteiger partial charge is 0.254 e. The number of piperazine rings is 1. The van der Waals surface area contributed by atoms with Crippen LogP contribution in [0.1, 0.15) is 28.8 Å². The molecule has 0 spiro atoms. The standard InChI is InChI=1S/C23H28N4O2/c28-18-25-12-14-27(15-13-25)23(29)21-6-9-24-22(17-21)26-10-7-20(8-11-26)16-19-4-2-1-3-5-19/h1-6,9,17-18,20H,7-8,10-16H2. The Morgan fingerprint density at radius 1 is 1.00 bits per heavy atom. The average molecular weight is 393 g/mol. The summed E-state index contributed by atoms with van der Waals surface area (Å²) in [4.78, 5) is 34.1. The van der Waals surface area contributed by atoms with Gasteiger partial charge in [-0.05, 0) is 42.9 Å². The van der Waals surface area contributed by atoms with Gasteiger partial charge in [-0.2, -0.15) is 0 Å². The molecule has 0 radical (unpaired) electrons. The molecule has 3 heterocycles. The number of piperidine rings is 1. The highest BCUT2D eigenvalue weighted by Gasteiger charge is 2.24. The van der Waals surface area contributed by atoms with E-state index in [1.54, 1.807) is 17.2 Å². The number of hydrogen-bond donors (Lipinski definition) is 0. The number of benzene rings is 1. The maximum absolute atomic E-state index is 12.9. The maximum atomic E-state index is 12.9. The molecule has 1 aromatic heterocycles. The third-order valence-electron chi connectivity index (χ3n) is 6.05. The predicted octanol–water partition coefficient (Wildman–Crippen LogP) is 2.45. The van der Waals surface area contributed by atoms with Crippen LogP contribution in [0.15, 0.2) is 48.7 Å². The Kier molecular flexibility index (Phi) is 6.08. The van der Waals surface area contributed by atoms with E-state index in [1.165, 1.54) is 5.56 Å². The first-order chi connectivity index (χ1) is 14.2. The van der Waals surface area contributed by atoms with Crippen molar-refractivity contribution in [2.45, 2.75) is 19.3 Å². The van der Waals surface area contributed by atoms with Gasteiger partial charge in [-0.1, -0.05) is 30.3 Å². The summed E-state index contributed by atoms with van der Waals surface area (Å²) >= 11 is 0. The average Bonchev–Trinajstić information content (AvgIpc) is 2.80. The molecule has 0 bridgehead atoms. The van der Waals surface area contributed by atoms with E-state index in [1.807, 2.05) is 11.0 Å². The lowest BCUT2D eigenvalue weighted by molar-refractivity contribution is -0.119. The monoisotopic (exact) mass is 392 g/mol. The Labute approximate surface area is 172 Å². The molecule has 2 amide bonds. The number of nitrogens with zero attached hydrogens (tertiary/aromatic N) is 4. The first-order valence-corrected chi connectivity index (χ1v) is 10.5. The number of rotatable bonds is 5. The molecule has 2 fully saturated rings. The molecule has 4 rings (SSSR count). The highest BCUT2D eigenvalue weighted by molar-refractivity contribution is 5.95. The maximum Gasteiger partial charge on any atom is 0.254 e. The van der Waals surface area contributed by atoms with Gasteiger partial charge in [-0.25, -0.2) is 4.98 Å². The summed E-state index contributed by atoms with van der Waals surface area (Å²) in [7, 11) is 0. The molecule has 2 aliphatic rings. The van der Waals surface area contributed by atoms with Crippen LogP contribution in [-0.2, 0) is 11.2 Å². The fourth-order valence-electron chi connectivity index (χ4n) is 4.25. The summed E-state index contributed by atoms with van der Waals surface area (Å²) in [5.41, 5.74) is 2.09. The molecule has 152 valence electrons. The van der Waals surface area contributed by atoms with Crippen molar-refractivity contribution < 1.29 is 9.59 Å². The number of amides is 2. The molecular formula is C23H28N4O2. The predicted molar refractivity (Wildman–Crippen MR) is 113 cm³/mol. The highest BCUT2D eigenvalue weighted by Crippen LogP contribution is 2.25. The van der Waals surface area contributed by atoms with Crippen molar-refractivity contribution in [1.82, 2.24) is 14.8 Å². The third kappa shape index (κ3) is 4.75. The zero-order valence-corrected chi connectivity index (χ0v) is 16.7. The van der Waals surface area contributed by atoms with Crippen molar-refractivity contribution in [2.24, 2.45) is 5.92 Å². The van der Waals surface area contributed by atoms with Gasteiger partial charge >= 0.3 is 0 Å². The number of carbonyl (C=O) groups is 2. The second kappa shape index (κ2) is 9.07. The van der Waals surface area contributed by atoms with E-state index in [9.17, 15) is 9.59 Å². The van der Waals surface area contributed by atoms with Crippen LogP contribution < -0.4 is 4.90 Å². The Morgan fingerprint density at radius 2 is 1.72 bits per heavy atom. The third-order valence-corrected chi connectivity index (χ3v) is 6.05. The van der Waals surface area contributed by atoms with Crippen LogP contribution in [0.5, 0.6) is 0 Å². The summed E-state index contributed by atoms with van der Waals surface area (Å²) in [6.07, 6.45) is 6.01. The fourth-order valence-corrected chi connectivity index (χ4v) is 4.25. The molecule has 0 saturated carbocycles. The largest absolute Gasteiger partial charge is 0.357 e. The molecule has 0 N–H and O–H groups in total. The first kappa shape index (κ1) is 19.4. The quantitative estimate of drug-likeness (QED) is 0.734. The van der Waals surface area contributed by atoms with E-state index < -0.39 is 0 Å². The minimum absolute atomic E-state index is 0.0261. The van der Waals surface area contributed by atoms with Gasteiger partial charge in [0, 0.05) is 51.0 Å². The lowest BCUT2D eigenvalue weighted by Crippen LogP contribution is -2.48. The molecule has 1 aromatic carbocycles. The highest BCUT2D eigenvalue weighted by atomic mass is 16.2. The molecule has 0 aliphatic carbocycles. The Morgan fingerprint density at radius 3 is 2.41 bits per heavy atom. The zero-order valence-electron chi connectivity index (χ0n) is 16.7. The van der Waals surface area contributed by atoms with E-state index in [-0.39, 0.29) is 5.91 Å². The number of pyridine rings is 1. The molecule has 2 aliphatic heterocycles. The van der Waals surface area contributed by atoms with E-state index in [0.717, 1.165) is 44.6 Å². The Balaban J connectivity index is 1.34. The second-order valence-electron chi connectivity index (χ2n) is 7.96. The summed E-state index contributed by atoms with van der Waals surface area (Å²) in [5, 5.41) is 0. The molecule has 2 aromatic rings. The summed E-state index contributed by atoms with van der Waals surface area (Å²) in [6.45, 7) is 4.31. The van der Waals surface area contributed by atoms with Crippen molar-refractivity contribution in [3.63, 3.8) is 0 Å². The topological polar surface area (TPSA) is 56.8 Å². The van der Waals surface area contributed by atoms with Gasteiger partial charge in [0.25, 0.3) is 5.91 Å². The number of hydrogen-bond acceptors (Lipinski definition) is 4. The van der Waals surface area contributed by atoms with E-state index >= 15 is 0 Å². The number of anilines is 1. The van der Waals surface area contributed by atoms with Crippen LogP contribution in [0.2, 0.25) is 0 Å². The lowest BCUT2D eigenvalue weighted by atomic mass is 9.90. The van der Waals surface area contributed by atoms with Crippen molar-refractivity contribution in [1.29, 1.82) is 0 Å². The molecule has 2 saturated heterocycles. The molecule has 0 unspecified atom stereocenters. The van der Waals surface area contributed by atoms with Crippen molar-refractivity contribution >= 4 is 18.1 Å². The second-order valence-corrected chi connectivity index (χ2v) is 7.96. The van der Waals surface area contributed by atoms with Gasteiger partial charge < -0.3 is 14.7 Å². The van der Waals surface area contributed by atoms with Gasteiger partial charge in [0.15, 0.2) is 0 Å². The van der Waals surface area contributed by atoms with Crippen molar-refractivity contribution in [3.8, 4) is 0 Å². The van der Waals surface area contributed by atoms with Gasteiger partial charge in [0.1, 0.15) is 5.82 Å². The summed E-state index contributed by atoms with van der Waals surface area (Å²) in [6, 6.07) is 14.4. The van der Waals surface area contributed by atoms with Crippen LogP contribution in [0.25, 0.3) is 0 Å². The van der Waals surface area contributed by atoms with Crippen molar-refractivity contribution in [3.05, 3.63) is 59.8 Å². The number of carbonyl (C=O) groups excluding carboxylic acids is 2. The molecule has 6 nitrogen and oxygen atoms in total. The summed E-state index contributed by atoms with van der Waals surface area (Å²) in [5.74, 6) is 1.62. The van der Waals surface area contributed by atoms with Crippen LogP contribution in [0, 0.1) is 5.92 Å². The molecule has 0 atom stereocenters. The first-order valence-electron chi connectivity index (χ1n) is 10.5. The SMILES string of the molecule is O=CN1CCN(C(=O)c2ccnc(N3CCC(Cc4ccccc4)CC3)c2)CC1. The molecule has 29 heavy (non-hydrogen) atoms. The Hall–Kier alpha value is -2.89. The van der Waals surface area contributed by atoms with Crippen LogP contribution in [0.4, 0.5) is 5.82 Å². The van der Waals surface area contributed by atoms with Crippen molar-refractivity contribution in [2.75, 3.05) is 44.2 Å². The van der Waals surface area contributed by atoms with Gasteiger partial charge in [-0.3, -0.25) is 9.59 Å². The normalized spacial score (nSPS) is 18.0. The van der Waals surface area contributed by atoms with Crippen LogP contribution in [0.3, 0.4) is 0 Å². The minimum atomic E-state index is 0.0261. The fraction of sp³-hybridized carbons (Fsp3) is 0.435. The van der Waals surface area contributed by atoms with Crippen LogP contribution in [-0.4, -0.2) is 66.4 Å². The van der Waals surface area contributed by atoms with Gasteiger partial charge in [-0.15, -0.1) is 0 Å². The summed E-state index contributed by atoms with van der Waals surface area (Å²) < 4.78 is 0. The Bertz CT molecular complexity index is 826. The minimum Gasteiger partial charge on any atom is -0.357 e. The lowest BCUT2D eigenvalue weighted by Gasteiger charge is -2.34.